The molecule has 86 valence electrons. The summed E-state index contributed by atoms with van der Waals surface area (Å²) in [7, 11) is 2.10. The third kappa shape index (κ3) is 2.92. The zero-order valence-electron chi connectivity index (χ0n) is 9.70. The molecule has 2 fully saturated rings. The highest BCUT2D eigenvalue weighted by Gasteiger charge is 2.28. The van der Waals surface area contributed by atoms with Crippen LogP contribution in [-0.4, -0.2) is 61.0 Å². The summed E-state index contributed by atoms with van der Waals surface area (Å²) >= 11 is 0. The molecule has 1 N–H and O–H groups in total. The minimum absolute atomic E-state index is 0.000839. The van der Waals surface area contributed by atoms with Crippen LogP contribution in [0.4, 0.5) is 0 Å². The van der Waals surface area contributed by atoms with Crippen molar-refractivity contribution in [2.75, 3.05) is 33.2 Å². The first-order valence-corrected chi connectivity index (χ1v) is 5.90. The predicted octanol–water partition coefficient (Wildman–Crippen LogP) is -0.0991. The van der Waals surface area contributed by atoms with Crippen LogP contribution in [0.3, 0.4) is 0 Å². The van der Waals surface area contributed by atoms with Crippen molar-refractivity contribution in [1.29, 1.82) is 0 Å². The van der Waals surface area contributed by atoms with E-state index >= 15 is 0 Å². The predicted molar refractivity (Wildman–Crippen MR) is 59.7 cm³/mol. The maximum atomic E-state index is 12.0. The van der Waals surface area contributed by atoms with Crippen molar-refractivity contribution in [2.45, 2.75) is 31.8 Å². The molecule has 0 aromatic heterocycles. The molecule has 4 heteroatoms. The van der Waals surface area contributed by atoms with Crippen LogP contribution >= 0.6 is 0 Å². The maximum Gasteiger partial charge on any atom is 0.239 e. The molecule has 2 aliphatic rings. The number of hydrogen-bond acceptors (Lipinski definition) is 3. The van der Waals surface area contributed by atoms with Gasteiger partial charge in [-0.2, -0.15) is 0 Å². The number of carbonyl (C=O) groups excluding carboxylic acids is 1. The summed E-state index contributed by atoms with van der Waals surface area (Å²) in [6.45, 7) is 5.75. The van der Waals surface area contributed by atoms with Crippen molar-refractivity contribution in [3.63, 3.8) is 0 Å². The molecule has 4 nitrogen and oxygen atoms in total. The molecular weight excluding hydrogens is 190 g/mol. The van der Waals surface area contributed by atoms with E-state index in [-0.39, 0.29) is 11.9 Å². The summed E-state index contributed by atoms with van der Waals surface area (Å²) in [6, 6.07) is 0.609. The summed E-state index contributed by atoms with van der Waals surface area (Å²) in [5, 5.41) is 3.36. The van der Waals surface area contributed by atoms with Crippen LogP contribution in [0, 0.1) is 0 Å². The normalized spacial score (nSPS) is 25.3. The van der Waals surface area contributed by atoms with Crippen LogP contribution in [0.15, 0.2) is 0 Å². The fourth-order valence-corrected chi connectivity index (χ4v) is 1.98. The minimum atomic E-state index is 0.000839. The van der Waals surface area contributed by atoms with Gasteiger partial charge in [0.15, 0.2) is 0 Å². The van der Waals surface area contributed by atoms with E-state index in [1.54, 1.807) is 0 Å². The molecular formula is C11H21N3O. The van der Waals surface area contributed by atoms with Crippen LogP contribution in [0.25, 0.3) is 0 Å². The Hall–Kier alpha value is -0.610. The molecule has 1 amide bonds. The van der Waals surface area contributed by atoms with Gasteiger partial charge in [0.25, 0.3) is 0 Å². The third-order valence-corrected chi connectivity index (χ3v) is 3.25. The Morgan fingerprint density at radius 3 is 2.40 bits per heavy atom. The number of hydrogen-bond donors (Lipinski definition) is 1. The van der Waals surface area contributed by atoms with Crippen molar-refractivity contribution in [2.24, 2.45) is 0 Å². The van der Waals surface area contributed by atoms with Gasteiger partial charge in [0.05, 0.1) is 6.04 Å². The van der Waals surface area contributed by atoms with Gasteiger partial charge in [0, 0.05) is 32.2 Å². The molecule has 1 aliphatic carbocycles. The van der Waals surface area contributed by atoms with E-state index in [2.05, 4.69) is 17.3 Å². The standard InChI is InChI=1S/C11H21N3O/c1-9(12-10-3-4-10)11(15)14-7-5-13(2)6-8-14/h9-10,12H,3-8H2,1-2H3/t9-/m1/s1. The lowest BCUT2D eigenvalue weighted by Crippen LogP contribution is -2.52. The second-order valence-corrected chi connectivity index (χ2v) is 4.79. The first-order valence-electron chi connectivity index (χ1n) is 5.90. The fraction of sp³-hybridized carbons (Fsp3) is 0.909. The summed E-state index contributed by atoms with van der Waals surface area (Å²) in [5.74, 6) is 0.273. The topological polar surface area (TPSA) is 35.6 Å². The van der Waals surface area contributed by atoms with E-state index in [1.165, 1.54) is 12.8 Å². The molecule has 0 spiro atoms. The summed E-state index contributed by atoms with van der Waals surface area (Å²) in [6.07, 6.45) is 2.47. The number of carbonyl (C=O) groups is 1. The van der Waals surface area contributed by atoms with E-state index < -0.39 is 0 Å². The van der Waals surface area contributed by atoms with Gasteiger partial charge in [-0.1, -0.05) is 0 Å². The second kappa shape index (κ2) is 4.49. The van der Waals surface area contributed by atoms with Gasteiger partial charge in [0.2, 0.25) is 5.91 Å². The highest BCUT2D eigenvalue weighted by atomic mass is 16.2. The largest absolute Gasteiger partial charge is 0.339 e. The molecule has 1 atom stereocenters. The van der Waals surface area contributed by atoms with Gasteiger partial charge in [-0.3, -0.25) is 4.79 Å². The molecule has 1 saturated carbocycles. The van der Waals surface area contributed by atoms with Gasteiger partial charge < -0.3 is 15.1 Å². The molecule has 2 rings (SSSR count). The monoisotopic (exact) mass is 211 g/mol. The molecule has 1 aliphatic heterocycles. The highest BCUT2D eigenvalue weighted by Crippen LogP contribution is 2.19. The Kier molecular flexibility index (Phi) is 3.26. The number of rotatable bonds is 3. The van der Waals surface area contributed by atoms with E-state index in [1.807, 2.05) is 11.8 Å². The second-order valence-electron chi connectivity index (χ2n) is 4.79. The zero-order valence-corrected chi connectivity index (χ0v) is 9.70. The van der Waals surface area contributed by atoms with Crippen LogP contribution in [0.2, 0.25) is 0 Å². The fourth-order valence-electron chi connectivity index (χ4n) is 1.98. The van der Waals surface area contributed by atoms with E-state index in [0.717, 1.165) is 26.2 Å². The van der Waals surface area contributed by atoms with Crippen molar-refractivity contribution in [3.05, 3.63) is 0 Å². The molecule has 0 aromatic carbocycles. The zero-order chi connectivity index (χ0) is 10.8. The van der Waals surface area contributed by atoms with E-state index in [0.29, 0.717) is 6.04 Å². The molecule has 1 saturated heterocycles. The van der Waals surface area contributed by atoms with Crippen LogP contribution < -0.4 is 5.32 Å². The summed E-state index contributed by atoms with van der Waals surface area (Å²) in [4.78, 5) is 16.3. The first-order chi connectivity index (χ1) is 7.16. The van der Waals surface area contributed by atoms with Gasteiger partial charge in [-0.15, -0.1) is 0 Å². The number of amides is 1. The van der Waals surface area contributed by atoms with E-state index in [9.17, 15) is 4.79 Å². The lowest BCUT2D eigenvalue weighted by molar-refractivity contribution is -0.134. The Balaban J connectivity index is 1.78. The van der Waals surface area contributed by atoms with Gasteiger partial charge in [-0.05, 0) is 26.8 Å². The van der Waals surface area contributed by atoms with E-state index in [4.69, 9.17) is 0 Å². The molecule has 0 radical (unpaired) electrons. The van der Waals surface area contributed by atoms with Crippen molar-refractivity contribution in [3.8, 4) is 0 Å². The minimum Gasteiger partial charge on any atom is -0.339 e. The summed E-state index contributed by atoms with van der Waals surface area (Å²) in [5.41, 5.74) is 0. The van der Waals surface area contributed by atoms with Crippen molar-refractivity contribution in [1.82, 2.24) is 15.1 Å². The van der Waals surface area contributed by atoms with Crippen LogP contribution in [0.5, 0.6) is 0 Å². The Morgan fingerprint density at radius 1 is 1.27 bits per heavy atom. The van der Waals surface area contributed by atoms with Crippen molar-refractivity contribution >= 4 is 5.91 Å². The molecule has 0 bridgehead atoms. The average molecular weight is 211 g/mol. The van der Waals surface area contributed by atoms with Crippen LogP contribution in [0.1, 0.15) is 19.8 Å². The Bertz CT molecular complexity index is 232. The smallest absolute Gasteiger partial charge is 0.239 e. The lowest BCUT2D eigenvalue weighted by Gasteiger charge is -2.34. The lowest BCUT2D eigenvalue weighted by atomic mass is 10.2. The Labute approximate surface area is 91.6 Å². The number of nitrogens with one attached hydrogen (secondary N) is 1. The molecule has 1 heterocycles. The quantitative estimate of drug-likeness (QED) is 0.708. The average Bonchev–Trinajstić information content (AvgIpc) is 3.02. The summed E-state index contributed by atoms with van der Waals surface area (Å²) < 4.78 is 0. The maximum absolute atomic E-state index is 12.0. The first kappa shape index (κ1) is 10.9. The number of likely N-dealkylation sites (N-methyl/N-ethyl adjacent to an activating group) is 1. The number of nitrogens with zero attached hydrogens (tertiary/aromatic N) is 2. The highest BCUT2D eigenvalue weighted by molar-refractivity contribution is 5.81. The third-order valence-electron chi connectivity index (χ3n) is 3.25. The Morgan fingerprint density at radius 2 is 1.87 bits per heavy atom. The molecule has 0 unspecified atom stereocenters. The SMILES string of the molecule is C[C@@H](NC1CC1)C(=O)N1CCN(C)CC1. The molecule has 15 heavy (non-hydrogen) atoms. The van der Waals surface area contributed by atoms with Gasteiger partial charge in [0.1, 0.15) is 0 Å². The van der Waals surface area contributed by atoms with Crippen molar-refractivity contribution < 1.29 is 4.79 Å². The van der Waals surface area contributed by atoms with Crippen LogP contribution in [-0.2, 0) is 4.79 Å². The van der Waals surface area contributed by atoms with Gasteiger partial charge in [-0.25, -0.2) is 0 Å². The molecule has 0 aromatic rings. The number of piperazine rings is 1. The van der Waals surface area contributed by atoms with Gasteiger partial charge >= 0.3 is 0 Å².